The third-order valence-electron chi connectivity index (χ3n) is 0. The zero-order chi connectivity index (χ0) is 10.7. The van der Waals surface area contributed by atoms with E-state index in [4.69, 9.17) is 29.7 Å². The molecular formula is C6H12CuO7. The van der Waals surface area contributed by atoms with E-state index in [1.54, 1.807) is 0 Å². The molecule has 0 fully saturated rings. The largest absolute Gasteiger partial charge is 2.00 e. The summed E-state index contributed by atoms with van der Waals surface area (Å²) in [5, 5.41) is 25.2. The Morgan fingerprint density at radius 1 is 0.929 bits per heavy atom. The van der Waals surface area contributed by atoms with Crippen LogP contribution in [0, 0.1) is 0 Å². The van der Waals surface area contributed by atoms with Crippen molar-refractivity contribution in [2.24, 2.45) is 0 Å². The Morgan fingerprint density at radius 2 is 0.929 bits per heavy atom. The van der Waals surface area contributed by atoms with Crippen LogP contribution in [0.1, 0.15) is 20.8 Å². The molecule has 14 heavy (non-hydrogen) atoms. The number of carbonyl (C=O) groups excluding carboxylic acids is 2. The van der Waals surface area contributed by atoms with Gasteiger partial charge in [0.1, 0.15) is 0 Å². The fraction of sp³-hybridized carbons (Fsp3) is 0.500. The molecule has 0 aromatic rings. The molecule has 0 aliphatic carbocycles. The Bertz CT molecular complexity index is 116. The number of hydrogen-bond acceptors (Lipinski definition) is 5. The zero-order valence-electron chi connectivity index (χ0n) is 7.79. The topological polar surface area (TPSA) is 149 Å². The van der Waals surface area contributed by atoms with E-state index in [2.05, 4.69) is 0 Å². The molecule has 0 aliphatic heterocycles. The molecule has 7 nitrogen and oxygen atoms in total. The molecule has 3 N–H and O–H groups in total. The van der Waals surface area contributed by atoms with Gasteiger partial charge < -0.3 is 30.4 Å². The second-order valence-electron chi connectivity index (χ2n) is 1.50. The van der Waals surface area contributed by atoms with E-state index >= 15 is 0 Å². The van der Waals surface area contributed by atoms with Crippen molar-refractivity contribution in [3.05, 3.63) is 0 Å². The van der Waals surface area contributed by atoms with Gasteiger partial charge in [0.15, 0.2) is 0 Å². The maximum Gasteiger partial charge on any atom is 2.00 e. The average molecular weight is 260 g/mol. The van der Waals surface area contributed by atoms with Gasteiger partial charge in [-0.25, -0.2) is 0 Å². The van der Waals surface area contributed by atoms with Gasteiger partial charge in [0.05, 0.1) is 0 Å². The summed E-state index contributed by atoms with van der Waals surface area (Å²) in [6, 6.07) is 0. The summed E-state index contributed by atoms with van der Waals surface area (Å²) in [7, 11) is 0. The van der Waals surface area contributed by atoms with Crippen molar-refractivity contribution in [1.29, 1.82) is 0 Å². The average Bonchev–Trinajstić information content (AvgIpc) is 1.54. The number of carbonyl (C=O) groups is 3. The van der Waals surface area contributed by atoms with Crippen molar-refractivity contribution in [2.45, 2.75) is 20.8 Å². The second kappa shape index (κ2) is 22.7. The molecule has 1 radical (unpaired) electrons. The van der Waals surface area contributed by atoms with Crippen molar-refractivity contribution in [2.75, 3.05) is 0 Å². The van der Waals surface area contributed by atoms with Gasteiger partial charge in [0.25, 0.3) is 5.97 Å². The third kappa shape index (κ3) is 864. The summed E-state index contributed by atoms with van der Waals surface area (Å²) < 4.78 is 0. The number of carboxylic acids is 3. The van der Waals surface area contributed by atoms with Crippen LogP contribution in [0.5, 0.6) is 0 Å². The van der Waals surface area contributed by atoms with E-state index in [0.717, 1.165) is 20.8 Å². The predicted molar refractivity (Wildman–Crippen MR) is 38.3 cm³/mol. The van der Waals surface area contributed by atoms with Crippen LogP contribution in [0.3, 0.4) is 0 Å². The molecule has 0 bridgehead atoms. The SMILES string of the molecule is CC(=O)O.CC(=O)[O-].CC(=O)[O-].O.[Cu+2]. The van der Waals surface area contributed by atoms with Gasteiger partial charge in [0.2, 0.25) is 0 Å². The summed E-state index contributed by atoms with van der Waals surface area (Å²) in [6.45, 7) is 3.03. The fourth-order valence-electron chi connectivity index (χ4n) is 0. The first kappa shape index (κ1) is 29.3. The van der Waals surface area contributed by atoms with Crippen LogP contribution in [0.15, 0.2) is 0 Å². The maximum absolute atomic E-state index is 9.00. The smallest absolute Gasteiger partial charge is 0.550 e. The molecule has 89 valence electrons. The molecule has 0 unspecified atom stereocenters. The van der Waals surface area contributed by atoms with E-state index in [1.807, 2.05) is 0 Å². The number of hydrogen-bond donors (Lipinski definition) is 1. The molecular weight excluding hydrogens is 248 g/mol. The minimum Gasteiger partial charge on any atom is -0.550 e. The van der Waals surface area contributed by atoms with E-state index in [1.165, 1.54) is 0 Å². The number of carboxylic acid groups (broad SMARTS) is 3. The van der Waals surface area contributed by atoms with Gasteiger partial charge in [0, 0.05) is 18.9 Å². The Balaban J connectivity index is -0.0000000270. The first-order valence-corrected chi connectivity index (χ1v) is 2.74. The van der Waals surface area contributed by atoms with Crippen LogP contribution >= 0.6 is 0 Å². The Labute approximate surface area is 91.5 Å². The summed E-state index contributed by atoms with van der Waals surface area (Å²) >= 11 is 0. The Hall–Kier alpha value is -1.11. The molecule has 0 heterocycles. The van der Waals surface area contributed by atoms with Gasteiger partial charge >= 0.3 is 17.1 Å². The maximum atomic E-state index is 9.00. The molecule has 0 rings (SSSR count). The van der Waals surface area contributed by atoms with Crippen LogP contribution in [0.25, 0.3) is 0 Å². The minimum absolute atomic E-state index is 0. The van der Waals surface area contributed by atoms with Crippen LogP contribution in [-0.2, 0) is 31.5 Å². The van der Waals surface area contributed by atoms with E-state index < -0.39 is 17.9 Å². The van der Waals surface area contributed by atoms with Gasteiger partial charge in [-0.3, -0.25) is 4.79 Å². The molecule has 0 aliphatic rings. The van der Waals surface area contributed by atoms with Gasteiger partial charge in [-0.1, -0.05) is 0 Å². The van der Waals surface area contributed by atoms with E-state index in [9.17, 15) is 0 Å². The Kier molecular flexibility index (Phi) is 47.4. The van der Waals surface area contributed by atoms with Crippen molar-refractivity contribution in [3.63, 3.8) is 0 Å². The van der Waals surface area contributed by atoms with Crippen LogP contribution < -0.4 is 10.2 Å². The van der Waals surface area contributed by atoms with Crippen molar-refractivity contribution in [3.8, 4) is 0 Å². The summed E-state index contributed by atoms with van der Waals surface area (Å²) in [5.74, 6) is -3.00. The van der Waals surface area contributed by atoms with Crippen molar-refractivity contribution < 1.29 is 52.2 Å². The Morgan fingerprint density at radius 3 is 0.929 bits per heavy atom. The van der Waals surface area contributed by atoms with Crippen LogP contribution in [0.4, 0.5) is 0 Å². The fourth-order valence-corrected chi connectivity index (χ4v) is 0. The quantitative estimate of drug-likeness (QED) is 0.452. The summed E-state index contributed by atoms with van der Waals surface area (Å²) in [6.07, 6.45) is 0. The van der Waals surface area contributed by atoms with Crippen molar-refractivity contribution >= 4 is 17.9 Å². The first-order valence-electron chi connectivity index (χ1n) is 2.74. The predicted octanol–water partition coefficient (Wildman–Crippen LogP) is -3.22. The molecule has 0 aromatic carbocycles. The summed E-state index contributed by atoms with van der Waals surface area (Å²) in [5.41, 5.74) is 0. The molecule has 0 saturated heterocycles. The number of aliphatic carboxylic acids is 3. The van der Waals surface area contributed by atoms with Gasteiger partial charge in [-0.05, 0) is 13.8 Å². The van der Waals surface area contributed by atoms with Gasteiger partial charge in [-0.15, -0.1) is 0 Å². The standard InChI is InChI=1S/3C2H4O2.Cu.H2O/c3*1-2(3)4;;/h3*1H3,(H,3,4);;1H2/q;;;+2;/p-2. The number of rotatable bonds is 0. The molecule has 0 atom stereocenters. The third-order valence-corrected chi connectivity index (χ3v) is 0. The molecule has 0 spiro atoms. The normalized spacial score (nSPS) is 5.36. The monoisotopic (exact) mass is 259 g/mol. The molecule has 0 saturated carbocycles. The van der Waals surface area contributed by atoms with Crippen LogP contribution in [0.2, 0.25) is 0 Å². The van der Waals surface area contributed by atoms with Crippen molar-refractivity contribution in [1.82, 2.24) is 0 Å². The van der Waals surface area contributed by atoms with Gasteiger partial charge in [-0.2, -0.15) is 0 Å². The zero-order valence-corrected chi connectivity index (χ0v) is 8.73. The molecule has 0 amide bonds. The van der Waals surface area contributed by atoms with E-state index in [-0.39, 0.29) is 22.5 Å². The summed E-state index contributed by atoms with van der Waals surface area (Å²) in [4.78, 5) is 26.8. The molecule has 8 heteroatoms. The first-order chi connectivity index (χ1) is 5.20. The van der Waals surface area contributed by atoms with E-state index in [0.29, 0.717) is 0 Å². The second-order valence-corrected chi connectivity index (χ2v) is 1.50. The minimum atomic E-state index is -1.08. The molecule has 0 aromatic heterocycles. The van der Waals surface area contributed by atoms with Crippen LogP contribution in [-0.4, -0.2) is 28.5 Å².